The summed E-state index contributed by atoms with van der Waals surface area (Å²) in [6.45, 7) is 4.77. The van der Waals surface area contributed by atoms with Crippen molar-refractivity contribution in [2.24, 2.45) is 0 Å². The van der Waals surface area contributed by atoms with E-state index in [1.54, 1.807) is 32.9 Å². The SMILES string of the molecule is Cc1[nH]c(C(=O)OCC(=O)c2ccc(Cl)s2)c(C)c1[C@@H](C)O. The van der Waals surface area contributed by atoms with Crippen molar-refractivity contribution in [1.82, 2.24) is 4.98 Å². The van der Waals surface area contributed by atoms with Crippen LogP contribution in [0.2, 0.25) is 4.34 Å². The number of ketones is 1. The van der Waals surface area contributed by atoms with Crippen LogP contribution in [0.3, 0.4) is 0 Å². The summed E-state index contributed by atoms with van der Waals surface area (Å²) in [4.78, 5) is 27.3. The number of halogens is 1. The third kappa shape index (κ3) is 3.40. The Morgan fingerprint density at radius 1 is 1.41 bits per heavy atom. The molecule has 2 rings (SSSR count). The van der Waals surface area contributed by atoms with Crippen LogP contribution in [0, 0.1) is 13.8 Å². The highest BCUT2D eigenvalue weighted by atomic mass is 35.5. The molecule has 5 nitrogen and oxygen atoms in total. The number of aliphatic hydroxyl groups excluding tert-OH is 1. The van der Waals surface area contributed by atoms with Gasteiger partial charge in [0.05, 0.1) is 15.3 Å². The predicted octanol–water partition coefficient (Wildman–Crippen LogP) is 3.44. The minimum Gasteiger partial charge on any atom is -0.453 e. The number of hydrogen-bond acceptors (Lipinski definition) is 5. The van der Waals surface area contributed by atoms with E-state index in [9.17, 15) is 14.7 Å². The molecule has 0 spiro atoms. The van der Waals surface area contributed by atoms with Crippen molar-refractivity contribution in [2.45, 2.75) is 26.9 Å². The van der Waals surface area contributed by atoms with Gasteiger partial charge < -0.3 is 14.8 Å². The van der Waals surface area contributed by atoms with Gasteiger partial charge in [0.15, 0.2) is 6.61 Å². The Kier molecular flexibility index (Phi) is 5.05. The van der Waals surface area contributed by atoms with E-state index < -0.39 is 12.1 Å². The van der Waals surface area contributed by atoms with Gasteiger partial charge in [-0.05, 0) is 38.5 Å². The molecule has 0 saturated carbocycles. The van der Waals surface area contributed by atoms with Crippen molar-refractivity contribution in [1.29, 1.82) is 0 Å². The number of hydrogen-bond donors (Lipinski definition) is 2. The molecule has 1 atom stereocenters. The van der Waals surface area contributed by atoms with Gasteiger partial charge in [0.25, 0.3) is 0 Å². The van der Waals surface area contributed by atoms with E-state index in [-0.39, 0.29) is 18.1 Å². The fourth-order valence-electron chi connectivity index (χ4n) is 2.33. The molecular formula is C15H16ClNO4S. The molecule has 2 aromatic heterocycles. The second-order valence-corrected chi connectivity index (χ2v) is 6.66. The number of nitrogens with one attached hydrogen (secondary N) is 1. The molecule has 2 heterocycles. The number of esters is 1. The van der Waals surface area contributed by atoms with Gasteiger partial charge in [0, 0.05) is 11.3 Å². The number of Topliss-reactive ketones (excluding diaryl/α,β-unsaturated/α-hetero) is 1. The van der Waals surface area contributed by atoms with Crippen LogP contribution >= 0.6 is 22.9 Å². The Bertz CT molecular complexity index is 717. The lowest BCUT2D eigenvalue weighted by atomic mass is 10.1. The van der Waals surface area contributed by atoms with Crippen molar-refractivity contribution in [3.8, 4) is 0 Å². The number of aromatic nitrogens is 1. The summed E-state index contributed by atoms with van der Waals surface area (Å²) in [5.74, 6) is -0.926. The fraction of sp³-hybridized carbons (Fsp3) is 0.333. The van der Waals surface area contributed by atoms with Crippen LogP contribution in [0.5, 0.6) is 0 Å². The van der Waals surface area contributed by atoms with E-state index in [0.29, 0.717) is 26.0 Å². The van der Waals surface area contributed by atoms with Gasteiger partial charge >= 0.3 is 5.97 Å². The van der Waals surface area contributed by atoms with Gasteiger partial charge in [0.1, 0.15) is 5.69 Å². The number of aromatic amines is 1. The fourth-order valence-corrected chi connectivity index (χ4v) is 3.30. The molecule has 2 aromatic rings. The number of carbonyl (C=O) groups is 2. The van der Waals surface area contributed by atoms with Crippen molar-refractivity contribution in [3.05, 3.63) is 43.9 Å². The molecule has 0 radical (unpaired) electrons. The largest absolute Gasteiger partial charge is 0.453 e. The van der Waals surface area contributed by atoms with Crippen molar-refractivity contribution < 1.29 is 19.4 Å². The van der Waals surface area contributed by atoms with Crippen LogP contribution in [-0.4, -0.2) is 28.4 Å². The molecule has 2 N–H and O–H groups in total. The third-order valence-electron chi connectivity index (χ3n) is 3.30. The number of ether oxygens (including phenoxy) is 1. The quantitative estimate of drug-likeness (QED) is 0.645. The van der Waals surface area contributed by atoms with Crippen LogP contribution in [-0.2, 0) is 4.74 Å². The van der Waals surface area contributed by atoms with Gasteiger partial charge in [-0.1, -0.05) is 11.6 Å². The first-order chi connectivity index (χ1) is 10.3. The van der Waals surface area contributed by atoms with Crippen LogP contribution < -0.4 is 0 Å². The van der Waals surface area contributed by atoms with E-state index in [0.717, 1.165) is 11.3 Å². The standard InChI is InChI=1S/C15H16ClNO4S/c1-7-13(9(3)18)8(2)17-14(7)15(20)21-6-10(19)11-4-5-12(16)22-11/h4-5,9,17-18H,6H2,1-3H3/t9-/m1/s1. The summed E-state index contributed by atoms with van der Waals surface area (Å²) in [6.07, 6.45) is -0.687. The summed E-state index contributed by atoms with van der Waals surface area (Å²) in [5, 5.41) is 9.71. The van der Waals surface area contributed by atoms with Crippen molar-refractivity contribution in [3.63, 3.8) is 0 Å². The highest BCUT2D eigenvalue weighted by Gasteiger charge is 2.22. The minimum absolute atomic E-state index is 0.255. The number of rotatable bonds is 5. The maximum absolute atomic E-state index is 12.1. The molecule has 0 aliphatic heterocycles. The predicted molar refractivity (Wildman–Crippen MR) is 84.8 cm³/mol. The summed E-state index contributed by atoms with van der Waals surface area (Å²) in [7, 11) is 0. The second kappa shape index (κ2) is 6.64. The lowest BCUT2D eigenvalue weighted by molar-refractivity contribution is 0.0469. The number of H-pyrrole nitrogens is 1. The molecule has 0 bridgehead atoms. The van der Waals surface area contributed by atoms with Gasteiger partial charge in [-0.3, -0.25) is 4.79 Å². The summed E-state index contributed by atoms with van der Waals surface area (Å²) >= 11 is 6.90. The molecule has 0 aromatic carbocycles. The second-order valence-electron chi connectivity index (χ2n) is 4.94. The Balaban J connectivity index is 2.07. The zero-order valence-corrected chi connectivity index (χ0v) is 14.0. The Labute approximate surface area is 136 Å². The first kappa shape index (κ1) is 16.7. The third-order valence-corrected chi connectivity index (χ3v) is 4.57. The maximum atomic E-state index is 12.1. The van der Waals surface area contributed by atoms with Gasteiger partial charge in [0.2, 0.25) is 5.78 Å². The molecule has 7 heteroatoms. The van der Waals surface area contributed by atoms with Crippen LogP contribution in [0.25, 0.3) is 0 Å². The normalized spacial score (nSPS) is 12.2. The molecule has 0 fully saturated rings. The average molecular weight is 342 g/mol. The monoisotopic (exact) mass is 341 g/mol. The van der Waals surface area contributed by atoms with E-state index in [2.05, 4.69) is 4.98 Å². The lowest BCUT2D eigenvalue weighted by Crippen LogP contribution is -2.14. The summed E-state index contributed by atoms with van der Waals surface area (Å²) < 4.78 is 5.55. The van der Waals surface area contributed by atoms with E-state index in [1.165, 1.54) is 0 Å². The maximum Gasteiger partial charge on any atom is 0.355 e. The van der Waals surface area contributed by atoms with E-state index in [4.69, 9.17) is 16.3 Å². The van der Waals surface area contributed by atoms with E-state index in [1.807, 2.05) is 0 Å². The molecule has 0 aliphatic rings. The van der Waals surface area contributed by atoms with E-state index >= 15 is 0 Å². The van der Waals surface area contributed by atoms with Gasteiger partial charge in [-0.2, -0.15) is 0 Å². The molecule has 0 saturated heterocycles. The molecule has 0 amide bonds. The topological polar surface area (TPSA) is 79.4 Å². The molecule has 118 valence electrons. The number of thiophene rings is 1. The number of aryl methyl sites for hydroxylation is 1. The lowest BCUT2D eigenvalue weighted by Gasteiger charge is -2.05. The average Bonchev–Trinajstić information content (AvgIpc) is 2.99. The number of carbonyl (C=O) groups excluding carboxylic acids is 2. The van der Waals surface area contributed by atoms with Crippen LogP contribution in [0.1, 0.15) is 50.0 Å². The van der Waals surface area contributed by atoms with Crippen LogP contribution in [0.4, 0.5) is 0 Å². The molecule has 0 aliphatic carbocycles. The number of aliphatic hydroxyl groups is 1. The summed E-state index contributed by atoms with van der Waals surface area (Å²) in [5.41, 5.74) is 2.26. The van der Waals surface area contributed by atoms with Crippen molar-refractivity contribution in [2.75, 3.05) is 6.61 Å². The smallest absolute Gasteiger partial charge is 0.355 e. The Morgan fingerprint density at radius 2 is 2.09 bits per heavy atom. The molecular weight excluding hydrogens is 326 g/mol. The zero-order valence-electron chi connectivity index (χ0n) is 12.4. The molecule has 0 unspecified atom stereocenters. The van der Waals surface area contributed by atoms with Crippen molar-refractivity contribution >= 4 is 34.7 Å². The Morgan fingerprint density at radius 3 is 2.59 bits per heavy atom. The van der Waals surface area contributed by atoms with Crippen LogP contribution in [0.15, 0.2) is 12.1 Å². The highest BCUT2D eigenvalue weighted by Crippen LogP contribution is 2.25. The first-order valence-corrected chi connectivity index (χ1v) is 7.83. The zero-order chi connectivity index (χ0) is 16.4. The first-order valence-electron chi connectivity index (χ1n) is 6.64. The Hall–Kier alpha value is -1.63. The van der Waals surface area contributed by atoms with Gasteiger partial charge in [-0.25, -0.2) is 4.79 Å². The summed E-state index contributed by atoms with van der Waals surface area (Å²) in [6, 6.07) is 3.22. The molecule has 22 heavy (non-hydrogen) atoms. The van der Waals surface area contributed by atoms with Gasteiger partial charge in [-0.15, -0.1) is 11.3 Å². The highest BCUT2D eigenvalue weighted by molar-refractivity contribution is 7.18. The minimum atomic E-state index is -0.687.